The predicted molar refractivity (Wildman–Crippen MR) is 169 cm³/mol. The Morgan fingerprint density at radius 2 is 1.80 bits per heavy atom. The molecule has 3 aliphatic rings. The maximum absolute atomic E-state index is 13.0. The highest BCUT2D eigenvalue weighted by atomic mass is 32.2. The van der Waals surface area contributed by atoms with Gasteiger partial charge in [-0.1, -0.05) is 6.07 Å². The van der Waals surface area contributed by atoms with E-state index in [0.29, 0.717) is 43.1 Å². The maximum Gasteiger partial charge on any atom is 0.387 e. The van der Waals surface area contributed by atoms with E-state index in [4.69, 9.17) is 0 Å². The number of hydrogen-bond acceptors (Lipinski definition) is 9. The number of hydrogen-bond donors (Lipinski definition) is 2. The number of nitrogens with zero attached hydrogens (tertiary/aromatic N) is 7. The lowest BCUT2D eigenvalue weighted by Gasteiger charge is -2.33. The van der Waals surface area contributed by atoms with Crippen molar-refractivity contribution < 1.29 is 27.3 Å². The number of fused-ring (bicyclic) bond motifs is 1. The molecule has 3 aromatic rings. The molecule has 3 aliphatic heterocycles. The van der Waals surface area contributed by atoms with Crippen molar-refractivity contribution in [3.05, 3.63) is 36.2 Å². The number of urea groups is 1. The monoisotopic (exact) mass is 659 g/mol. The fourth-order valence-corrected chi connectivity index (χ4v) is 7.70. The van der Waals surface area contributed by atoms with Crippen molar-refractivity contribution >= 4 is 45.6 Å². The molecule has 16 heteroatoms. The largest absolute Gasteiger partial charge is 0.432 e. The predicted octanol–water partition coefficient (Wildman–Crippen LogP) is 3.22. The summed E-state index contributed by atoms with van der Waals surface area (Å²) >= 11 is 0. The number of amides is 3. The van der Waals surface area contributed by atoms with Gasteiger partial charge in [-0.3, -0.25) is 19.7 Å². The molecule has 2 N–H and O–H groups in total. The normalized spacial score (nSPS) is 20.0. The summed E-state index contributed by atoms with van der Waals surface area (Å²) in [6.07, 6.45) is 7.23. The lowest BCUT2D eigenvalue weighted by atomic mass is 9.89. The van der Waals surface area contributed by atoms with E-state index in [1.54, 1.807) is 4.68 Å². The molecule has 5 heterocycles. The van der Waals surface area contributed by atoms with Crippen LogP contribution in [0.15, 0.2) is 30.6 Å². The van der Waals surface area contributed by atoms with Crippen LogP contribution in [0.4, 0.5) is 25.3 Å². The number of rotatable bonds is 11. The number of nitrogens with one attached hydrogen (secondary N) is 2. The Morgan fingerprint density at radius 3 is 2.50 bits per heavy atom. The fourth-order valence-electron chi connectivity index (χ4n) is 6.45. The van der Waals surface area contributed by atoms with E-state index in [2.05, 4.69) is 47.5 Å². The van der Waals surface area contributed by atoms with E-state index >= 15 is 0 Å². The van der Waals surface area contributed by atoms with Crippen molar-refractivity contribution in [2.75, 3.05) is 55.2 Å². The molecule has 0 spiro atoms. The van der Waals surface area contributed by atoms with Gasteiger partial charge in [0.05, 0.1) is 28.9 Å². The second-order valence-electron chi connectivity index (χ2n) is 11.9. The van der Waals surface area contributed by atoms with E-state index in [1.807, 2.05) is 17.4 Å². The summed E-state index contributed by atoms with van der Waals surface area (Å²) < 4.78 is 45.7. The van der Waals surface area contributed by atoms with Gasteiger partial charge in [0.1, 0.15) is 0 Å². The maximum atomic E-state index is 13.0. The van der Waals surface area contributed by atoms with E-state index in [0.717, 1.165) is 62.6 Å². The molecule has 0 radical (unpaired) electrons. The summed E-state index contributed by atoms with van der Waals surface area (Å²) in [6.45, 7) is 1.71. The molecular weight excluding hydrogens is 620 g/mol. The van der Waals surface area contributed by atoms with Crippen molar-refractivity contribution in [1.82, 2.24) is 34.3 Å². The zero-order valence-electron chi connectivity index (χ0n) is 25.7. The van der Waals surface area contributed by atoms with Gasteiger partial charge in [0, 0.05) is 50.3 Å². The third-order valence-corrected chi connectivity index (χ3v) is 10.5. The molecule has 46 heavy (non-hydrogen) atoms. The summed E-state index contributed by atoms with van der Waals surface area (Å²) in [6, 6.07) is 6.04. The molecule has 0 bridgehead atoms. The number of aryl methyl sites for hydroxylation is 1. The number of benzene rings is 1. The number of ether oxygens (including phenoxy) is 1. The van der Waals surface area contributed by atoms with Crippen LogP contribution in [0.2, 0.25) is 0 Å². The minimum absolute atomic E-state index is 0.0834. The van der Waals surface area contributed by atoms with Crippen LogP contribution in [-0.2, 0) is 22.8 Å². The van der Waals surface area contributed by atoms with E-state index < -0.39 is 23.6 Å². The fraction of sp³-hybridized carbons (Fsp3) is 0.567. The van der Waals surface area contributed by atoms with Crippen molar-refractivity contribution in [3.8, 4) is 5.75 Å². The molecule has 3 fully saturated rings. The van der Waals surface area contributed by atoms with Gasteiger partial charge < -0.3 is 15.0 Å². The minimum Gasteiger partial charge on any atom is -0.432 e. The second-order valence-corrected chi connectivity index (χ2v) is 13.5. The Bertz CT molecular complexity index is 1560. The topological polar surface area (TPSA) is 138 Å². The van der Waals surface area contributed by atoms with Crippen LogP contribution in [0.1, 0.15) is 50.0 Å². The van der Waals surface area contributed by atoms with Crippen molar-refractivity contribution in [2.24, 2.45) is 7.05 Å². The van der Waals surface area contributed by atoms with Crippen molar-refractivity contribution in [2.45, 2.75) is 57.1 Å². The standard InChI is InChI=1S/C30H39F2N9O4S/c1-38-25-17-21(3-4-24(25)27(37-38)41-15-9-26(42)36-30(41)43)20-5-11-39(12-6-20)10-2-16-46(44)40-13-7-22(8-14-40)35-29-33-18-23(19-34-29)45-28(31)32/h3-4,17-20,22,28H,2,5-16H2,1H3,(H,33,34,35)(H,36,42,43). The molecule has 3 amide bonds. The molecule has 1 atom stereocenters. The first kappa shape index (κ1) is 32.2. The molecule has 0 aliphatic carbocycles. The van der Waals surface area contributed by atoms with Gasteiger partial charge in [-0.05, 0) is 75.4 Å². The van der Waals surface area contributed by atoms with Gasteiger partial charge in [0.15, 0.2) is 11.6 Å². The Hall–Kier alpha value is -3.76. The molecule has 3 saturated heterocycles. The smallest absolute Gasteiger partial charge is 0.387 e. The van der Waals surface area contributed by atoms with Crippen LogP contribution in [0.25, 0.3) is 10.9 Å². The van der Waals surface area contributed by atoms with Crippen LogP contribution >= 0.6 is 0 Å². The summed E-state index contributed by atoms with van der Waals surface area (Å²) in [7, 11) is 0.846. The van der Waals surface area contributed by atoms with Crippen molar-refractivity contribution in [1.29, 1.82) is 0 Å². The summed E-state index contributed by atoms with van der Waals surface area (Å²) in [5, 5.41) is 11.1. The van der Waals surface area contributed by atoms with Crippen molar-refractivity contribution in [3.63, 3.8) is 0 Å². The van der Waals surface area contributed by atoms with Gasteiger partial charge in [0.2, 0.25) is 11.9 Å². The SMILES string of the molecule is Cn1nc(N2CCC(=O)NC2=O)c2ccc(C3CCN(CCCS(=O)N4CCC(Nc5ncc(OC(F)F)cn5)CC4)CC3)cc21. The van der Waals surface area contributed by atoms with Crippen LogP contribution in [0, 0.1) is 0 Å². The molecule has 0 saturated carbocycles. The molecule has 6 rings (SSSR count). The Morgan fingerprint density at radius 1 is 1.07 bits per heavy atom. The number of carbonyl (C=O) groups excluding carboxylic acids is 2. The van der Waals surface area contributed by atoms with Crippen LogP contribution < -0.4 is 20.3 Å². The number of alkyl halides is 2. The number of likely N-dealkylation sites (tertiary alicyclic amines) is 1. The molecule has 13 nitrogen and oxygen atoms in total. The van der Waals surface area contributed by atoms with Crippen LogP contribution in [0.3, 0.4) is 0 Å². The molecule has 248 valence electrons. The Labute approximate surface area is 268 Å². The zero-order chi connectivity index (χ0) is 32.2. The zero-order valence-corrected chi connectivity index (χ0v) is 26.6. The highest BCUT2D eigenvalue weighted by Gasteiger charge is 2.29. The van der Waals surface area contributed by atoms with E-state index in [-0.39, 0.29) is 24.1 Å². The molecule has 1 aromatic carbocycles. The molecule has 1 unspecified atom stereocenters. The van der Waals surface area contributed by atoms with E-state index in [1.165, 1.54) is 22.9 Å². The number of carbonyl (C=O) groups is 2. The van der Waals surface area contributed by atoms with Gasteiger partial charge in [0.25, 0.3) is 0 Å². The Kier molecular flexibility index (Phi) is 10.0. The first-order chi connectivity index (χ1) is 22.2. The first-order valence-electron chi connectivity index (χ1n) is 15.7. The number of imide groups is 1. The van der Waals surface area contributed by atoms with Crippen LogP contribution in [0.5, 0.6) is 5.75 Å². The average molecular weight is 660 g/mol. The lowest BCUT2D eigenvalue weighted by Crippen LogP contribution is -2.49. The van der Waals surface area contributed by atoms with Gasteiger partial charge in [-0.25, -0.2) is 23.3 Å². The summed E-state index contributed by atoms with van der Waals surface area (Å²) in [5.41, 5.74) is 2.23. The highest BCUT2D eigenvalue weighted by molar-refractivity contribution is 7.82. The summed E-state index contributed by atoms with van der Waals surface area (Å²) in [4.78, 5) is 36.0. The van der Waals surface area contributed by atoms with Gasteiger partial charge in [-0.15, -0.1) is 0 Å². The van der Waals surface area contributed by atoms with Crippen LogP contribution in [-0.4, -0.2) is 103 Å². The highest BCUT2D eigenvalue weighted by Crippen LogP contribution is 2.33. The minimum atomic E-state index is -2.91. The number of anilines is 2. The quantitative estimate of drug-likeness (QED) is 0.318. The van der Waals surface area contributed by atoms with Gasteiger partial charge >= 0.3 is 12.6 Å². The van der Waals surface area contributed by atoms with Gasteiger partial charge in [-0.2, -0.15) is 13.9 Å². The third kappa shape index (κ3) is 7.61. The van der Waals surface area contributed by atoms with E-state index in [9.17, 15) is 22.6 Å². The average Bonchev–Trinajstić information content (AvgIpc) is 3.37. The second kappa shape index (κ2) is 14.3. The summed E-state index contributed by atoms with van der Waals surface area (Å²) in [5.74, 6) is 1.66. The number of piperidine rings is 2. The number of aromatic nitrogens is 4. The molecular formula is C30H39F2N9O4S. The third-order valence-electron chi connectivity index (χ3n) is 8.95. The molecule has 2 aromatic heterocycles. The first-order valence-corrected chi connectivity index (χ1v) is 17.0. The lowest BCUT2D eigenvalue weighted by molar-refractivity contribution is -0.120. The number of halogens is 2. The Balaban J connectivity index is 0.914.